The molecule has 1 aliphatic rings. The fourth-order valence-electron chi connectivity index (χ4n) is 4.40. The molecular weight excluding hydrogens is 532 g/mol. The van der Waals surface area contributed by atoms with E-state index in [0.717, 1.165) is 16.9 Å². The predicted octanol–water partition coefficient (Wildman–Crippen LogP) is 5.74. The number of benzene rings is 3. The number of carbonyl (C=O) groups excluding carboxylic acids is 2. The Kier molecular flexibility index (Phi) is 8.77. The number of halogens is 1. The van der Waals surface area contributed by atoms with Gasteiger partial charge in [-0.2, -0.15) is 0 Å². The van der Waals surface area contributed by atoms with E-state index < -0.39 is 0 Å². The lowest BCUT2D eigenvalue weighted by Crippen LogP contribution is -2.48. The molecule has 9 heteroatoms. The average molecular weight is 565 g/mol. The first-order valence-corrected chi connectivity index (χ1v) is 13.5. The molecule has 7 nitrogen and oxygen atoms in total. The minimum Gasteiger partial charge on any atom is -0.496 e. The predicted molar refractivity (Wildman–Crippen MR) is 161 cm³/mol. The summed E-state index contributed by atoms with van der Waals surface area (Å²) < 4.78 is 5.35. The van der Waals surface area contributed by atoms with Gasteiger partial charge in [0.1, 0.15) is 5.75 Å². The molecule has 3 aromatic carbocycles. The summed E-state index contributed by atoms with van der Waals surface area (Å²) >= 11 is 11.5. The van der Waals surface area contributed by atoms with Gasteiger partial charge in [0.05, 0.1) is 12.7 Å². The largest absolute Gasteiger partial charge is 0.496 e. The molecule has 39 heavy (non-hydrogen) atoms. The Balaban J connectivity index is 1.29. The second kappa shape index (κ2) is 12.1. The number of amides is 2. The number of anilines is 2. The van der Waals surface area contributed by atoms with Gasteiger partial charge in [0, 0.05) is 48.1 Å². The summed E-state index contributed by atoms with van der Waals surface area (Å²) in [5.41, 5.74) is 4.02. The highest BCUT2D eigenvalue weighted by atomic mass is 35.5. The van der Waals surface area contributed by atoms with Gasteiger partial charge in [-0.1, -0.05) is 44.5 Å². The van der Waals surface area contributed by atoms with Gasteiger partial charge in [0.15, 0.2) is 5.11 Å². The molecule has 2 amide bonds. The van der Waals surface area contributed by atoms with Crippen molar-refractivity contribution in [2.75, 3.05) is 43.5 Å². The highest BCUT2D eigenvalue weighted by Crippen LogP contribution is 2.26. The Labute approximate surface area is 240 Å². The molecule has 1 aliphatic heterocycles. The molecule has 0 saturated carbocycles. The summed E-state index contributed by atoms with van der Waals surface area (Å²) in [6.45, 7) is 8.96. The van der Waals surface area contributed by atoms with E-state index in [1.807, 2.05) is 53.4 Å². The van der Waals surface area contributed by atoms with Crippen molar-refractivity contribution < 1.29 is 14.3 Å². The quantitative estimate of drug-likeness (QED) is 0.385. The lowest BCUT2D eigenvalue weighted by atomic mass is 9.87. The van der Waals surface area contributed by atoms with Crippen molar-refractivity contribution in [3.63, 3.8) is 0 Å². The maximum atomic E-state index is 13.1. The summed E-state index contributed by atoms with van der Waals surface area (Å²) in [6, 6.07) is 20.4. The molecular formula is C30H33ClN4O3S. The number of rotatable bonds is 5. The number of hydrogen-bond donors (Lipinski definition) is 2. The van der Waals surface area contributed by atoms with Crippen LogP contribution in [0.5, 0.6) is 5.75 Å². The van der Waals surface area contributed by atoms with Crippen molar-refractivity contribution in [2.24, 2.45) is 0 Å². The Hall–Kier alpha value is -3.62. The van der Waals surface area contributed by atoms with Gasteiger partial charge in [0.2, 0.25) is 0 Å². The van der Waals surface area contributed by atoms with Gasteiger partial charge in [-0.3, -0.25) is 14.9 Å². The molecule has 0 aliphatic carbocycles. The molecule has 2 N–H and O–H groups in total. The molecule has 3 aromatic rings. The number of ether oxygens (including phenoxy) is 1. The zero-order chi connectivity index (χ0) is 28.2. The number of piperazine rings is 1. The lowest BCUT2D eigenvalue weighted by molar-refractivity contribution is 0.0743. The smallest absolute Gasteiger partial charge is 0.257 e. The molecule has 204 valence electrons. The van der Waals surface area contributed by atoms with Crippen LogP contribution in [0.1, 0.15) is 47.1 Å². The van der Waals surface area contributed by atoms with Crippen molar-refractivity contribution in [1.29, 1.82) is 0 Å². The zero-order valence-electron chi connectivity index (χ0n) is 22.6. The number of nitrogens with one attached hydrogen (secondary N) is 2. The number of nitrogens with zero attached hydrogens (tertiary/aromatic N) is 2. The van der Waals surface area contributed by atoms with Crippen LogP contribution in [0, 0.1) is 0 Å². The molecule has 0 bridgehead atoms. The van der Waals surface area contributed by atoms with Crippen LogP contribution < -0.4 is 20.3 Å². The standard InChI is InChI=1S/C30H33ClN4O3S/c1-30(2,3)21-7-5-20(6-8-21)27(36)33-29(39)32-23-10-12-24(13-11-23)34-15-17-35(18-16-34)28(37)25-19-22(31)9-14-26(25)38-4/h5-14,19H,15-18H2,1-4H3,(H2,32,33,36,39). The van der Waals surface area contributed by atoms with Crippen molar-refractivity contribution in [3.8, 4) is 5.75 Å². The van der Waals surface area contributed by atoms with E-state index in [9.17, 15) is 9.59 Å². The third-order valence-corrected chi connectivity index (χ3v) is 7.13. The Bertz CT molecular complexity index is 1350. The number of methoxy groups -OCH3 is 1. The van der Waals surface area contributed by atoms with Gasteiger partial charge >= 0.3 is 0 Å². The number of hydrogen-bond acceptors (Lipinski definition) is 5. The van der Waals surface area contributed by atoms with E-state index in [1.54, 1.807) is 25.3 Å². The van der Waals surface area contributed by atoms with Crippen LogP contribution in [0.25, 0.3) is 0 Å². The molecule has 0 spiro atoms. The summed E-state index contributed by atoms with van der Waals surface area (Å²) in [6.07, 6.45) is 0. The molecule has 0 unspecified atom stereocenters. The minimum absolute atomic E-state index is 0.0220. The molecule has 0 atom stereocenters. The zero-order valence-corrected chi connectivity index (χ0v) is 24.2. The van der Waals surface area contributed by atoms with E-state index in [-0.39, 0.29) is 22.3 Å². The van der Waals surface area contributed by atoms with E-state index >= 15 is 0 Å². The maximum absolute atomic E-state index is 13.1. The first-order valence-electron chi connectivity index (χ1n) is 12.8. The summed E-state index contributed by atoms with van der Waals surface area (Å²) in [7, 11) is 1.54. The Morgan fingerprint density at radius 1 is 0.923 bits per heavy atom. The second-order valence-corrected chi connectivity index (χ2v) is 11.3. The third-order valence-electron chi connectivity index (χ3n) is 6.69. The van der Waals surface area contributed by atoms with Gasteiger partial charge in [0.25, 0.3) is 11.8 Å². The van der Waals surface area contributed by atoms with Gasteiger partial charge in [-0.05, 0) is 77.8 Å². The fraction of sp³-hybridized carbons (Fsp3) is 0.300. The highest BCUT2D eigenvalue weighted by Gasteiger charge is 2.25. The second-order valence-electron chi connectivity index (χ2n) is 10.4. The first-order chi connectivity index (χ1) is 18.5. The molecule has 1 heterocycles. The number of carbonyl (C=O) groups is 2. The summed E-state index contributed by atoms with van der Waals surface area (Å²) in [5.74, 6) is 0.170. The fourth-order valence-corrected chi connectivity index (χ4v) is 4.78. The van der Waals surface area contributed by atoms with Crippen molar-refractivity contribution in [1.82, 2.24) is 10.2 Å². The third kappa shape index (κ3) is 7.07. The van der Waals surface area contributed by atoms with Crippen LogP contribution in [0.15, 0.2) is 66.7 Å². The van der Waals surface area contributed by atoms with Crippen LogP contribution in [-0.2, 0) is 5.41 Å². The minimum atomic E-state index is -0.257. The van der Waals surface area contributed by atoms with Gasteiger partial charge < -0.3 is 19.9 Å². The SMILES string of the molecule is COc1ccc(Cl)cc1C(=O)N1CCN(c2ccc(NC(=S)NC(=O)c3ccc(C(C)(C)C)cc3)cc2)CC1. The normalized spacial score (nSPS) is 13.6. The van der Waals surface area contributed by atoms with Crippen LogP contribution in [0.3, 0.4) is 0 Å². The first kappa shape index (κ1) is 28.4. The monoisotopic (exact) mass is 564 g/mol. The highest BCUT2D eigenvalue weighted by molar-refractivity contribution is 7.80. The molecule has 1 saturated heterocycles. The van der Waals surface area contributed by atoms with Crippen molar-refractivity contribution in [3.05, 3.63) is 88.4 Å². The van der Waals surface area contributed by atoms with E-state index in [2.05, 4.69) is 36.3 Å². The van der Waals surface area contributed by atoms with E-state index in [1.165, 1.54) is 0 Å². The molecule has 0 radical (unpaired) electrons. The van der Waals surface area contributed by atoms with Crippen LogP contribution in [0.2, 0.25) is 5.02 Å². The van der Waals surface area contributed by atoms with Crippen molar-refractivity contribution in [2.45, 2.75) is 26.2 Å². The summed E-state index contributed by atoms with van der Waals surface area (Å²) in [5, 5.41) is 6.54. The van der Waals surface area contributed by atoms with Crippen molar-refractivity contribution >= 4 is 52.1 Å². The number of thiocarbonyl (C=S) groups is 1. The van der Waals surface area contributed by atoms with Crippen LogP contribution >= 0.6 is 23.8 Å². The topological polar surface area (TPSA) is 73.9 Å². The van der Waals surface area contributed by atoms with Crippen LogP contribution in [-0.4, -0.2) is 55.1 Å². The van der Waals surface area contributed by atoms with E-state index in [0.29, 0.717) is 48.1 Å². The lowest BCUT2D eigenvalue weighted by Gasteiger charge is -2.36. The van der Waals surface area contributed by atoms with Gasteiger partial charge in [-0.15, -0.1) is 0 Å². The van der Waals surface area contributed by atoms with Gasteiger partial charge in [-0.25, -0.2) is 0 Å². The van der Waals surface area contributed by atoms with E-state index in [4.69, 9.17) is 28.6 Å². The Morgan fingerprint density at radius 2 is 1.56 bits per heavy atom. The summed E-state index contributed by atoms with van der Waals surface area (Å²) in [4.78, 5) is 29.7. The molecule has 1 fully saturated rings. The average Bonchev–Trinajstić information content (AvgIpc) is 2.92. The molecule has 0 aromatic heterocycles. The molecule has 4 rings (SSSR count). The maximum Gasteiger partial charge on any atom is 0.257 e. The van der Waals surface area contributed by atoms with Crippen LogP contribution in [0.4, 0.5) is 11.4 Å². The Morgan fingerprint density at radius 3 is 2.15 bits per heavy atom.